The molecule has 1 fully saturated rings. The molecule has 1 aliphatic heterocycles. The third kappa shape index (κ3) is 3.82. The van der Waals surface area contributed by atoms with Crippen molar-refractivity contribution >= 4 is 39.0 Å². The second-order valence-corrected chi connectivity index (χ2v) is 8.59. The number of hydrogen-bond donors (Lipinski definition) is 1. The van der Waals surface area contributed by atoms with Gasteiger partial charge < -0.3 is 9.64 Å². The Morgan fingerprint density at radius 2 is 2.00 bits per heavy atom. The fraction of sp³-hybridized carbons (Fsp3) is 0.316. The lowest BCUT2D eigenvalue weighted by molar-refractivity contribution is 0.0535. The zero-order chi connectivity index (χ0) is 17.2. The van der Waals surface area contributed by atoms with E-state index in [-0.39, 0.29) is 12.3 Å². The van der Waals surface area contributed by atoms with Gasteiger partial charge in [-0.1, -0.05) is 36.0 Å². The van der Waals surface area contributed by atoms with Crippen molar-refractivity contribution in [2.24, 2.45) is 0 Å². The van der Waals surface area contributed by atoms with E-state index in [0.717, 1.165) is 22.2 Å². The Morgan fingerprint density at radius 1 is 1.20 bits per heavy atom. The third-order valence-electron chi connectivity index (χ3n) is 4.24. The largest absolute Gasteiger partial charge is 0.378 e. The Morgan fingerprint density at radius 3 is 2.76 bits per heavy atom. The molecule has 4 rings (SSSR count). The number of ether oxygens (including phenoxy) is 1. The highest BCUT2D eigenvalue weighted by atomic mass is 32.2. The van der Waals surface area contributed by atoms with Crippen LogP contribution in [0.15, 0.2) is 52.9 Å². The summed E-state index contributed by atoms with van der Waals surface area (Å²) in [6.07, 6.45) is 0.188. The van der Waals surface area contributed by atoms with Crippen molar-refractivity contribution in [3.8, 4) is 0 Å². The number of rotatable bonds is 5. The van der Waals surface area contributed by atoms with Gasteiger partial charge >= 0.3 is 0 Å². The summed E-state index contributed by atoms with van der Waals surface area (Å²) in [7, 11) is 4.10. The number of fused-ring (bicyclic) bond motifs is 1. The molecule has 130 valence electrons. The molecular weight excluding hydrogens is 350 g/mol. The van der Waals surface area contributed by atoms with Crippen molar-refractivity contribution in [1.29, 1.82) is 0 Å². The highest BCUT2D eigenvalue weighted by molar-refractivity contribution is 8.01. The Bertz CT molecular complexity index is 814. The second kappa shape index (κ2) is 7.33. The zero-order valence-corrected chi connectivity index (χ0v) is 15.9. The first kappa shape index (κ1) is 16.8. The lowest BCUT2D eigenvalue weighted by Crippen LogP contribution is -2.16. The van der Waals surface area contributed by atoms with E-state index < -0.39 is 0 Å². The fourth-order valence-electron chi connectivity index (χ4n) is 2.85. The normalized spacial score (nSPS) is 20.2. The number of benzene rings is 2. The van der Waals surface area contributed by atoms with Crippen LogP contribution in [0.1, 0.15) is 11.8 Å². The Kier molecular flexibility index (Phi) is 4.94. The van der Waals surface area contributed by atoms with Gasteiger partial charge in [0.15, 0.2) is 4.34 Å². The van der Waals surface area contributed by atoms with Crippen molar-refractivity contribution in [1.82, 2.24) is 10.3 Å². The van der Waals surface area contributed by atoms with Crippen molar-refractivity contribution in [3.63, 3.8) is 0 Å². The van der Waals surface area contributed by atoms with Gasteiger partial charge in [-0.05, 0) is 29.8 Å². The zero-order valence-electron chi connectivity index (χ0n) is 14.3. The summed E-state index contributed by atoms with van der Waals surface area (Å²) in [5, 5.41) is 3.47. The molecule has 0 unspecified atom stereocenters. The highest BCUT2D eigenvalue weighted by Gasteiger charge is 2.26. The number of thiazole rings is 1. The number of aromatic nitrogens is 1. The molecule has 0 saturated carbocycles. The number of nitrogens with zero attached hydrogens (tertiary/aromatic N) is 2. The monoisotopic (exact) mass is 371 g/mol. The standard InChI is InChI=1S/C19H21N3OS2/c1-22(2)14-9-7-13(8-10-14)18-20-11-15(23-18)12-24-19-21-16-5-3-4-6-17(16)25-19/h3-10,15,18,20H,11-12H2,1-2H3/t15-,18-/m1/s1. The molecule has 2 heterocycles. The van der Waals surface area contributed by atoms with Crippen LogP contribution in [-0.4, -0.2) is 37.5 Å². The molecule has 0 bridgehead atoms. The number of thioether (sulfide) groups is 1. The van der Waals surface area contributed by atoms with Gasteiger partial charge in [0.1, 0.15) is 6.23 Å². The van der Waals surface area contributed by atoms with Gasteiger partial charge in [0.2, 0.25) is 0 Å². The molecule has 1 aliphatic rings. The maximum atomic E-state index is 6.17. The van der Waals surface area contributed by atoms with E-state index in [1.807, 2.05) is 6.07 Å². The van der Waals surface area contributed by atoms with E-state index in [4.69, 9.17) is 4.74 Å². The number of anilines is 1. The molecule has 1 aromatic heterocycles. The van der Waals surface area contributed by atoms with Crippen LogP contribution in [-0.2, 0) is 4.74 Å². The quantitative estimate of drug-likeness (QED) is 0.682. The molecule has 0 spiro atoms. The summed E-state index contributed by atoms with van der Waals surface area (Å²) in [6.45, 7) is 0.873. The van der Waals surface area contributed by atoms with E-state index in [0.29, 0.717) is 0 Å². The molecule has 1 N–H and O–H groups in total. The molecule has 25 heavy (non-hydrogen) atoms. The van der Waals surface area contributed by atoms with E-state index in [1.54, 1.807) is 23.1 Å². The first-order valence-electron chi connectivity index (χ1n) is 8.33. The number of nitrogens with one attached hydrogen (secondary N) is 1. The van der Waals surface area contributed by atoms with Crippen LogP contribution in [0.4, 0.5) is 5.69 Å². The third-order valence-corrected chi connectivity index (χ3v) is 6.55. The van der Waals surface area contributed by atoms with Gasteiger partial charge in [-0.25, -0.2) is 4.98 Å². The molecule has 1 saturated heterocycles. The summed E-state index contributed by atoms with van der Waals surface area (Å²) in [5.74, 6) is 0.916. The minimum absolute atomic E-state index is 0.0165. The lowest BCUT2D eigenvalue weighted by Gasteiger charge is -2.16. The Labute approximate surface area is 156 Å². The molecule has 2 aromatic carbocycles. The topological polar surface area (TPSA) is 37.4 Å². The van der Waals surface area contributed by atoms with Crippen LogP contribution >= 0.6 is 23.1 Å². The molecule has 3 aromatic rings. The molecule has 6 heteroatoms. The summed E-state index contributed by atoms with van der Waals surface area (Å²) in [4.78, 5) is 6.78. The van der Waals surface area contributed by atoms with Crippen LogP contribution in [0.25, 0.3) is 10.2 Å². The summed E-state index contributed by atoms with van der Waals surface area (Å²) in [5.41, 5.74) is 3.46. The molecule has 0 aliphatic carbocycles. The SMILES string of the molecule is CN(C)c1ccc([C@@H]2NC[C@H](CSc3nc4ccccc4s3)O2)cc1. The van der Waals surface area contributed by atoms with Crippen molar-refractivity contribution in [3.05, 3.63) is 54.1 Å². The lowest BCUT2D eigenvalue weighted by atomic mass is 10.2. The summed E-state index contributed by atoms with van der Waals surface area (Å²) >= 11 is 3.54. The minimum atomic E-state index is -0.0165. The minimum Gasteiger partial charge on any atom is -0.378 e. The maximum Gasteiger partial charge on any atom is 0.151 e. The summed E-state index contributed by atoms with van der Waals surface area (Å²) < 4.78 is 8.53. The van der Waals surface area contributed by atoms with Crippen molar-refractivity contribution in [2.75, 3.05) is 31.3 Å². The van der Waals surface area contributed by atoms with Crippen LogP contribution < -0.4 is 10.2 Å². The van der Waals surface area contributed by atoms with Gasteiger partial charge in [0, 0.05) is 32.1 Å². The van der Waals surface area contributed by atoms with Crippen LogP contribution in [0.3, 0.4) is 0 Å². The molecular formula is C19H21N3OS2. The molecule has 4 nitrogen and oxygen atoms in total. The predicted octanol–water partition coefficient (Wildman–Crippen LogP) is 4.14. The highest BCUT2D eigenvalue weighted by Crippen LogP contribution is 2.32. The number of para-hydroxylation sites is 1. The average Bonchev–Trinajstić information content (AvgIpc) is 3.26. The maximum absolute atomic E-state index is 6.17. The van der Waals surface area contributed by atoms with Gasteiger partial charge in [-0.3, -0.25) is 5.32 Å². The van der Waals surface area contributed by atoms with Gasteiger partial charge in [-0.15, -0.1) is 11.3 Å². The first-order valence-corrected chi connectivity index (χ1v) is 10.1. The first-order chi connectivity index (χ1) is 12.2. The van der Waals surface area contributed by atoms with E-state index in [9.17, 15) is 0 Å². The van der Waals surface area contributed by atoms with Crippen molar-refractivity contribution in [2.45, 2.75) is 16.7 Å². The number of hydrogen-bond acceptors (Lipinski definition) is 6. The van der Waals surface area contributed by atoms with E-state index in [2.05, 4.69) is 71.8 Å². The smallest absolute Gasteiger partial charge is 0.151 e. The van der Waals surface area contributed by atoms with E-state index in [1.165, 1.54) is 16.0 Å². The van der Waals surface area contributed by atoms with Gasteiger partial charge in [0.05, 0.1) is 16.3 Å². The van der Waals surface area contributed by atoms with Crippen molar-refractivity contribution < 1.29 is 4.74 Å². The average molecular weight is 372 g/mol. The van der Waals surface area contributed by atoms with Gasteiger partial charge in [0.25, 0.3) is 0 Å². The van der Waals surface area contributed by atoms with Crippen LogP contribution in [0, 0.1) is 0 Å². The van der Waals surface area contributed by atoms with E-state index >= 15 is 0 Å². The Hall–Kier alpha value is -1.60. The Balaban J connectivity index is 1.34. The molecule has 0 amide bonds. The summed E-state index contributed by atoms with van der Waals surface area (Å²) in [6, 6.07) is 16.8. The predicted molar refractivity (Wildman–Crippen MR) is 107 cm³/mol. The fourth-order valence-corrected chi connectivity index (χ4v) is 4.94. The molecule has 0 radical (unpaired) electrons. The van der Waals surface area contributed by atoms with Crippen LogP contribution in [0.5, 0.6) is 0 Å². The van der Waals surface area contributed by atoms with Gasteiger partial charge in [-0.2, -0.15) is 0 Å². The second-order valence-electron chi connectivity index (χ2n) is 6.29. The molecule has 2 atom stereocenters. The van der Waals surface area contributed by atoms with Crippen LogP contribution in [0.2, 0.25) is 0 Å².